The molecule has 1 aromatic heterocycles. The van der Waals surface area contributed by atoms with Crippen molar-refractivity contribution in [3.05, 3.63) is 52.2 Å². The van der Waals surface area contributed by atoms with Crippen LogP contribution in [0.1, 0.15) is 23.3 Å². The fourth-order valence-corrected chi connectivity index (χ4v) is 5.43. The van der Waals surface area contributed by atoms with Crippen LogP contribution in [0.4, 0.5) is 10.5 Å². The molecule has 3 aliphatic heterocycles. The highest BCUT2D eigenvalue weighted by atomic mass is 32.1. The number of hydrogen-bond acceptors (Lipinski definition) is 5. The Kier molecular flexibility index (Phi) is 5.04. The van der Waals surface area contributed by atoms with Gasteiger partial charge >= 0.3 is 6.03 Å². The molecule has 2 atom stereocenters. The minimum atomic E-state index is -0.449. The van der Waals surface area contributed by atoms with Crippen LogP contribution in [0.2, 0.25) is 0 Å². The first-order chi connectivity index (χ1) is 14.6. The minimum Gasteiger partial charge on any atom is -0.310 e. The van der Waals surface area contributed by atoms with Crippen molar-refractivity contribution in [1.82, 2.24) is 15.1 Å². The van der Waals surface area contributed by atoms with Crippen LogP contribution >= 0.6 is 11.3 Å². The van der Waals surface area contributed by atoms with E-state index in [1.54, 1.807) is 9.80 Å². The number of hydrogen-bond donors (Lipinski definition) is 1. The van der Waals surface area contributed by atoms with E-state index in [2.05, 4.69) is 5.32 Å². The molecule has 2 unspecified atom stereocenters. The maximum Gasteiger partial charge on any atom is 0.327 e. The zero-order valence-corrected chi connectivity index (χ0v) is 17.4. The van der Waals surface area contributed by atoms with E-state index in [9.17, 15) is 14.4 Å². The van der Waals surface area contributed by atoms with Gasteiger partial charge in [0.2, 0.25) is 11.8 Å². The second-order valence-electron chi connectivity index (χ2n) is 7.98. The number of nitrogens with one attached hydrogen (secondary N) is 1. The minimum absolute atomic E-state index is 0.00969. The first kappa shape index (κ1) is 19.3. The third-order valence-electron chi connectivity index (χ3n) is 6.22. The fourth-order valence-electron chi connectivity index (χ4n) is 4.74. The summed E-state index contributed by atoms with van der Waals surface area (Å²) in [6, 6.07) is 10.6. The highest BCUT2D eigenvalue weighted by Gasteiger charge is 2.48. The summed E-state index contributed by atoms with van der Waals surface area (Å²) < 4.78 is 0. The van der Waals surface area contributed by atoms with Crippen LogP contribution in [0.3, 0.4) is 0 Å². The molecule has 30 heavy (non-hydrogen) atoms. The number of nitrogens with zero attached hydrogens (tertiary/aromatic N) is 3. The van der Waals surface area contributed by atoms with Gasteiger partial charge in [-0.15, -0.1) is 11.3 Å². The lowest BCUT2D eigenvalue weighted by Crippen LogP contribution is -2.70. The van der Waals surface area contributed by atoms with Gasteiger partial charge in [0.1, 0.15) is 12.6 Å². The van der Waals surface area contributed by atoms with Crippen molar-refractivity contribution in [3.8, 4) is 0 Å². The molecular formula is C22H24N4O3S. The van der Waals surface area contributed by atoms with Gasteiger partial charge in [0, 0.05) is 17.1 Å². The van der Waals surface area contributed by atoms with Crippen molar-refractivity contribution in [3.63, 3.8) is 0 Å². The van der Waals surface area contributed by atoms with E-state index in [1.807, 2.05) is 41.8 Å². The Morgan fingerprint density at radius 1 is 1.17 bits per heavy atom. The van der Waals surface area contributed by atoms with Crippen molar-refractivity contribution < 1.29 is 14.4 Å². The summed E-state index contributed by atoms with van der Waals surface area (Å²) in [6.07, 6.45) is 2.43. The van der Waals surface area contributed by atoms with Crippen molar-refractivity contribution in [2.75, 3.05) is 24.5 Å². The van der Waals surface area contributed by atoms with Crippen molar-refractivity contribution >= 4 is 34.9 Å². The Labute approximate surface area is 179 Å². The molecule has 3 aliphatic rings. The number of anilines is 1. The molecule has 0 radical (unpaired) electrons. The number of carbonyl (C=O) groups is 3. The molecule has 5 rings (SSSR count). The van der Waals surface area contributed by atoms with E-state index < -0.39 is 6.04 Å². The molecule has 156 valence electrons. The molecule has 2 fully saturated rings. The van der Waals surface area contributed by atoms with Crippen molar-refractivity contribution in [1.29, 1.82) is 0 Å². The number of benzene rings is 1. The van der Waals surface area contributed by atoms with Gasteiger partial charge in [-0.05, 0) is 48.9 Å². The van der Waals surface area contributed by atoms with Crippen LogP contribution < -0.4 is 10.2 Å². The summed E-state index contributed by atoms with van der Waals surface area (Å²) in [4.78, 5) is 45.3. The third kappa shape index (κ3) is 3.30. The summed E-state index contributed by atoms with van der Waals surface area (Å²) in [5, 5.41) is 5.22. The van der Waals surface area contributed by atoms with Gasteiger partial charge in [0.15, 0.2) is 0 Å². The van der Waals surface area contributed by atoms with Gasteiger partial charge in [-0.2, -0.15) is 0 Å². The highest BCUT2D eigenvalue weighted by molar-refractivity contribution is 7.09. The molecule has 0 saturated carbocycles. The highest BCUT2D eigenvalue weighted by Crippen LogP contribution is 2.30. The van der Waals surface area contributed by atoms with Gasteiger partial charge < -0.3 is 15.1 Å². The SMILES string of the molecule is O=C1C2NCCCC2N(CC(=O)N2CCc3ccccc32)C(=O)N1Cc1cccs1. The molecule has 4 heterocycles. The number of carbonyl (C=O) groups excluding carboxylic acids is 3. The summed E-state index contributed by atoms with van der Waals surface area (Å²) in [7, 11) is 0. The fraction of sp³-hybridized carbons (Fsp3) is 0.409. The molecular weight excluding hydrogens is 400 g/mol. The molecule has 7 nitrogen and oxygen atoms in total. The summed E-state index contributed by atoms with van der Waals surface area (Å²) in [5.41, 5.74) is 2.08. The van der Waals surface area contributed by atoms with Crippen molar-refractivity contribution in [2.24, 2.45) is 0 Å². The van der Waals surface area contributed by atoms with E-state index >= 15 is 0 Å². The Morgan fingerprint density at radius 2 is 2.03 bits per heavy atom. The molecule has 2 aromatic rings. The lowest BCUT2D eigenvalue weighted by Gasteiger charge is -2.46. The smallest absolute Gasteiger partial charge is 0.310 e. The zero-order chi connectivity index (χ0) is 20.7. The first-order valence-corrected chi connectivity index (χ1v) is 11.3. The van der Waals surface area contributed by atoms with Crippen LogP contribution in [-0.4, -0.2) is 59.4 Å². The van der Waals surface area contributed by atoms with Gasteiger partial charge in [0.25, 0.3) is 0 Å². The molecule has 0 spiro atoms. The van der Waals surface area contributed by atoms with Gasteiger partial charge in [-0.3, -0.25) is 14.5 Å². The molecule has 1 aromatic carbocycles. The quantitative estimate of drug-likeness (QED) is 0.817. The summed E-state index contributed by atoms with van der Waals surface area (Å²) >= 11 is 1.52. The molecule has 4 amide bonds. The van der Waals surface area contributed by atoms with E-state index in [0.717, 1.165) is 41.9 Å². The van der Waals surface area contributed by atoms with Crippen LogP contribution in [0.15, 0.2) is 41.8 Å². The number of fused-ring (bicyclic) bond motifs is 2. The zero-order valence-electron chi connectivity index (χ0n) is 16.6. The number of para-hydroxylation sites is 1. The second-order valence-corrected chi connectivity index (χ2v) is 9.01. The predicted octanol–water partition coefficient (Wildman–Crippen LogP) is 2.22. The lowest BCUT2D eigenvalue weighted by atomic mass is 9.93. The summed E-state index contributed by atoms with van der Waals surface area (Å²) in [6.45, 7) is 1.61. The molecule has 0 aliphatic carbocycles. The van der Waals surface area contributed by atoms with E-state index in [0.29, 0.717) is 6.54 Å². The van der Waals surface area contributed by atoms with Gasteiger partial charge in [-0.25, -0.2) is 4.79 Å². The Bertz CT molecular complexity index is 977. The lowest BCUT2D eigenvalue weighted by molar-refractivity contribution is -0.138. The normalized spacial score (nSPS) is 23.5. The first-order valence-electron chi connectivity index (χ1n) is 10.4. The van der Waals surface area contributed by atoms with E-state index in [-0.39, 0.29) is 37.0 Å². The third-order valence-corrected chi connectivity index (χ3v) is 7.08. The number of imide groups is 1. The number of piperidine rings is 1. The largest absolute Gasteiger partial charge is 0.327 e. The number of rotatable bonds is 4. The van der Waals surface area contributed by atoms with Crippen molar-refractivity contribution in [2.45, 2.75) is 37.9 Å². The average Bonchev–Trinajstić information content (AvgIpc) is 3.44. The number of urea groups is 1. The Balaban J connectivity index is 1.40. The van der Waals surface area contributed by atoms with E-state index in [4.69, 9.17) is 0 Å². The topological polar surface area (TPSA) is 73.0 Å². The maximum atomic E-state index is 13.4. The number of amides is 4. The predicted molar refractivity (Wildman–Crippen MR) is 114 cm³/mol. The van der Waals surface area contributed by atoms with Crippen LogP contribution in [0.25, 0.3) is 0 Å². The van der Waals surface area contributed by atoms with E-state index in [1.165, 1.54) is 16.2 Å². The Morgan fingerprint density at radius 3 is 2.87 bits per heavy atom. The monoisotopic (exact) mass is 424 g/mol. The second kappa shape index (κ2) is 7.85. The molecule has 2 saturated heterocycles. The van der Waals surface area contributed by atoms with Crippen LogP contribution in [0.5, 0.6) is 0 Å². The maximum absolute atomic E-state index is 13.4. The molecule has 1 N–H and O–H groups in total. The molecule has 8 heteroatoms. The van der Waals surface area contributed by atoms with Gasteiger partial charge in [-0.1, -0.05) is 24.3 Å². The Hall–Kier alpha value is -2.71. The standard InChI is InChI=1S/C22H24N4O3S/c27-19(24-11-9-15-5-1-2-7-17(15)24)14-25-18-8-3-10-23-20(18)21(28)26(22(25)29)13-16-6-4-12-30-16/h1-2,4-7,12,18,20,23H,3,8-11,13-14H2. The van der Waals surface area contributed by atoms with Crippen LogP contribution in [0, 0.1) is 0 Å². The summed E-state index contributed by atoms with van der Waals surface area (Å²) in [5.74, 6) is -0.281. The van der Waals surface area contributed by atoms with Crippen LogP contribution in [-0.2, 0) is 22.6 Å². The number of thiophene rings is 1. The molecule has 0 bridgehead atoms. The average molecular weight is 425 g/mol. The van der Waals surface area contributed by atoms with Gasteiger partial charge in [0.05, 0.1) is 12.6 Å².